The van der Waals surface area contributed by atoms with E-state index in [4.69, 9.17) is 32.7 Å². The summed E-state index contributed by atoms with van der Waals surface area (Å²) in [6.45, 7) is 2.38. The van der Waals surface area contributed by atoms with E-state index in [0.29, 0.717) is 40.0 Å². The molecule has 0 N–H and O–H groups in total. The number of halogens is 2. The normalized spacial score (nSPS) is 13.3. The van der Waals surface area contributed by atoms with E-state index in [1.165, 1.54) is 11.0 Å². The molecular formula is C22H22Cl2N2O5. The molecule has 1 heterocycles. The first-order valence-electron chi connectivity index (χ1n) is 9.82. The lowest BCUT2D eigenvalue weighted by atomic mass is 10.2. The van der Waals surface area contributed by atoms with Gasteiger partial charge in [-0.1, -0.05) is 23.2 Å². The number of carbonyl (C=O) groups is 3. The number of nitrogens with zero attached hydrogens (tertiary/aromatic N) is 2. The number of hydrogen-bond acceptors (Lipinski definition) is 5. The van der Waals surface area contributed by atoms with Gasteiger partial charge in [0.1, 0.15) is 12.4 Å². The first-order valence-corrected chi connectivity index (χ1v) is 10.6. The van der Waals surface area contributed by atoms with Gasteiger partial charge in [0.25, 0.3) is 5.91 Å². The molecule has 0 unspecified atom stereocenters. The Bertz CT molecular complexity index is 965. The van der Waals surface area contributed by atoms with Crippen LogP contribution in [0.25, 0.3) is 0 Å². The summed E-state index contributed by atoms with van der Waals surface area (Å²) < 4.78 is 10.6. The number of hydrogen-bond donors (Lipinski definition) is 0. The molecule has 1 saturated heterocycles. The van der Waals surface area contributed by atoms with Gasteiger partial charge in [-0.05, 0) is 55.8 Å². The molecule has 2 amide bonds. The topological polar surface area (TPSA) is 76.2 Å². The van der Waals surface area contributed by atoms with Gasteiger partial charge in [-0.25, -0.2) is 4.79 Å². The molecule has 1 fully saturated rings. The number of anilines is 1. The van der Waals surface area contributed by atoms with E-state index in [2.05, 4.69) is 0 Å². The van der Waals surface area contributed by atoms with Crippen molar-refractivity contribution in [3.8, 4) is 5.75 Å². The quantitative estimate of drug-likeness (QED) is 0.548. The molecule has 31 heavy (non-hydrogen) atoms. The van der Waals surface area contributed by atoms with Crippen LogP contribution < -0.4 is 9.64 Å². The van der Waals surface area contributed by atoms with E-state index in [-0.39, 0.29) is 31.7 Å². The smallest absolute Gasteiger partial charge is 0.338 e. The zero-order valence-electron chi connectivity index (χ0n) is 17.0. The number of benzene rings is 2. The average Bonchev–Trinajstić information content (AvgIpc) is 3.16. The molecule has 0 spiro atoms. The summed E-state index contributed by atoms with van der Waals surface area (Å²) >= 11 is 12.0. The molecule has 2 aromatic rings. The molecule has 1 aliphatic heterocycles. The van der Waals surface area contributed by atoms with E-state index in [0.717, 1.165) is 6.42 Å². The molecule has 9 heteroatoms. The first-order chi connectivity index (χ1) is 14.9. The Balaban J connectivity index is 1.77. The van der Waals surface area contributed by atoms with Gasteiger partial charge in [0.15, 0.2) is 6.61 Å². The minimum Gasteiger partial charge on any atom is -0.482 e. The maximum Gasteiger partial charge on any atom is 0.338 e. The molecule has 0 aromatic heterocycles. The van der Waals surface area contributed by atoms with Crippen LogP contribution in [0.15, 0.2) is 42.5 Å². The third-order valence-electron chi connectivity index (χ3n) is 4.72. The largest absolute Gasteiger partial charge is 0.482 e. The van der Waals surface area contributed by atoms with Gasteiger partial charge in [-0.2, -0.15) is 0 Å². The summed E-state index contributed by atoms with van der Waals surface area (Å²) in [5, 5.41) is 0.750. The van der Waals surface area contributed by atoms with Gasteiger partial charge >= 0.3 is 5.97 Å². The second-order valence-electron chi connectivity index (χ2n) is 6.85. The van der Waals surface area contributed by atoms with E-state index >= 15 is 0 Å². The average molecular weight is 465 g/mol. The van der Waals surface area contributed by atoms with Crippen LogP contribution in [0.2, 0.25) is 10.0 Å². The van der Waals surface area contributed by atoms with Gasteiger partial charge in [0, 0.05) is 23.7 Å². The van der Waals surface area contributed by atoms with Crippen LogP contribution in [-0.2, 0) is 14.3 Å². The third-order valence-corrected chi connectivity index (χ3v) is 5.25. The van der Waals surface area contributed by atoms with Crippen molar-refractivity contribution in [2.75, 3.05) is 31.3 Å². The van der Waals surface area contributed by atoms with Gasteiger partial charge in [0.2, 0.25) is 5.91 Å². The Hall–Kier alpha value is -2.77. The van der Waals surface area contributed by atoms with Crippen LogP contribution in [0, 0.1) is 0 Å². The number of amides is 2. The minimum atomic E-state index is -0.442. The molecule has 1 aliphatic rings. The van der Waals surface area contributed by atoms with E-state index in [9.17, 15) is 14.4 Å². The molecule has 0 radical (unpaired) electrons. The number of likely N-dealkylation sites (tertiary alicyclic amines) is 1. The lowest BCUT2D eigenvalue weighted by Crippen LogP contribution is -2.44. The van der Waals surface area contributed by atoms with Crippen LogP contribution >= 0.6 is 23.2 Å². The summed E-state index contributed by atoms with van der Waals surface area (Å²) in [6, 6.07) is 11.2. The molecule has 0 bridgehead atoms. The summed E-state index contributed by atoms with van der Waals surface area (Å²) in [5.41, 5.74) is 0.906. The molecule has 2 aromatic carbocycles. The maximum absolute atomic E-state index is 13.0. The highest BCUT2D eigenvalue weighted by molar-refractivity contribution is 6.35. The zero-order chi connectivity index (χ0) is 22.4. The van der Waals surface area contributed by atoms with Crippen molar-refractivity contribution in [1.29, 1.82) is 0 Å². The fraction of sp³-hybridized carbons (Fsp3) is 0.318. The van der Waals surface area contributed by atoms with Crippen LogP contribution in [0.3, 0.4) is 0 Å². The Morgan fingerprint density at radius 1 is 1.13 bits per heavy atom. The molecular weight excluding hydrogens is 443 g/mol. The summed E-state index contributed by atoms with van der Waals surface area (Å²) in [6.07, 6.45) is 1.21. The van der Waals surface area contributed by atoms with Crippen molar-refractivity contribution in [3.63, 3.8) is 0 Å². The highest BCUT2D eigenvalue weighted by Crippen LogP contribution is 2.28. The van der Waals surface area contributed by atoms with E-state index in [1.807, 2.05) is 0 Å². The molecule has 0 atom stereocenters. The zero-order valence-corrected chi connectivity index (χ0v) is 18.5. The van der Waals surface area contributed by atoms with Crippen LogP contribution in [0.5, 0.6) is 5.75 Å². The first kappa shape index (κ1) is 22.9. The highest BCUT2D eigenvalue weighted by Gasteiger charge is 2.26. The van der Waals surface area contributed by atoms with Gasteiger partial charge in [0.05, 0.1) is 17.2 Å². The predicted octanol–water partition coefficient (Wildman–Crippen LogP) is 4.16. The van der Waals surface area contributed by atoms with Crippen molar-refractivity contribution >= 4 is 46.7 Å². The maximum atomic E-state index is 13.0. The second kappa shape index (κ2) is 10.5. The van der Waals surface area contributed by atoms with Crippen LogP contribution in [0.4, 0.5) is 5.69 Å². The predicted molar refractivity (Wildman–Crippen MR) is 118 cm³/mol. The Kier molecular flexibility index (Phi) is 7.76. The van der Waals surface area contributed by atoms with Crippen molar-refractivity contribution in [2.45, 2.75) is 19.8 Å². The number of esters is 1. The van der Waals surface area contributed by atoms with Crippen LogP contribution in [-0.4, -0.2) is 49.1 Å². The monoisotopic (exact) mass is 464 g/mol. The SMILES string of the molecule is CCOC(=O)c1ccc(N(CN2CCCC2=O)C(=O)COc2ccc(Cl)cc2Cl)cc1. The fourth-order valence-electron chi connectivity index (χ4n) is 3.13. The summed E-state index contributed by atoms with van der Waals surface area (Å²) in [5.74, 6) is -0.492. The second-order valence-corrected chi connectivity index (χ2v) is 7.70. The molecule has 164 valence electrons. The fourth-order valence-corrected chi connectivity index (χ4v) is 3.59. The number of carbonyl (C=O) groups excluding carboxylic acids is 3. The molecule has 0 aliphatic carbocycles. The van der Waals surface area contributed by atoms with Gasteiger partial charge in [-0.3, -0.25) is 14.5 Å². The van der Waals surface area contributed by atoms with Crippen LogP contribution in [0.1, 0.15) is 30.1 Å². The summed E-state index contributed by atoms with van der Waals surface area (Å²) in [7, 11) is 0. The van der Waals surface area contributed by atoms with Crippen molar-refractivity contribution in [3.05, 3.63) is 58.1 Å². The minimum absolute atomic E-state index is 0.0115. The van der Waals surface area contributed by atoms with Gasteiger partial charge < -0.3 is 14.4 Å². The van der Waals surface area contributed by atoms with Gasteiger partial charge in [-0.15, -0.1) is 0 Å². The third kappa shape index (κ3) is 5.89. The molecule has 0 saturated carbocycles. The summed E-state index contributed by atoms with van der Waals surface area (Å²) in [4.78, 5) is 40.1. The standard InChI is InChI=1S/C22H22Cl2N2O5/c1-2-30-22(29)15-5-8-17(9-6-15)26(14-25-11-3-4-20(25)27)21(28)13-31-19-10-7-16(23)12-18(19)24/h5-10,12H,2-4,11,13-14H2,1H3. The highest BCUT2D eigenvalue weighted by atomic mass is 35.5. The number of rotatable bonds is 8. The molecule has 7 nitrogen and oxygen atoms in total. The molecule has 3 rings (SSSR count). The Labute approximate surface area is 190 Å². The Morgan fingerprint density at radius 2 is 1.87 bits per heavy atom. The van der Waals surface area contributed by atoms with Crippen molar-refractivity contribution in [2.24, 2.45) is 0 Å². The van der Waals surface area contributed by atoms with E-state index < -0.39 is 5.97 Å². The van der Waals surface area contributed by atoms with Crippen molar-refractivity contribution in [1.82, 2.24) is 4.90 Å². The Morgan fingerprint density at radius 3 is 2.48 bits per heavy atom. The van der Waals surface area contributed by atoms with E-state index in [1.54, 1.807) is 48.2 Å². The number of ether oxygens (including phenoxy) is 2. The van der Waals surface area contributed by atoms with Crippen molar-refractivity contribution < 1.29 is 23.9 Å². The lowest BCUT2D eigenvalue weighted by Gasteiger charge is -2.28. The lowest BCUT2D eigenvalue weighted by molar-refractivity contribution is -0.128.